The fraction of sp³-hybridized carbons (Fsp3) is 0.647. The molecule has 1 heterocycles. The first-order chi connectivity index (χ1) is 12.3. The van der Waals surface area contributed by atoms with Crippen LogP contribution in [0, 0.1) is 0 Å². The summed E-state index contributed by atoms with van der Waals surface area (Å²) in [4.78, 5) is 0. The Morgan fingerprint density at radius 3 is 2.12 bits per heavy atom. The maximum Gasteiger partial charge on any atom is 0.229 e. The van der Waals surface area contributed by atoms with E-state index in [9.17, 15) is 20.4 Å². The van der Waals surface area contributed by atoms with Crippen molar-refractivity contribution in [1.82, 2.24) is 0 Å². The summed E-state index contributed by atoms with van der Waals surface area (Å²) >= 11 is 0. The second-order valence-corrected chi connectivity index (χ2v) is 6.33. The fourth-order valence-electron chi connectivity index (χ4n) is 2.82. The molecule has 9 heteroatoms. The normalized spacial score (nSPS) is 29.9. The maximum atomic E-state index is 10.1. The third kappa shape index (κ3) is 4.37. The molecule has 1 fully saturated rings. The van der Waals surface area contributed by atoms with Gasteiger partial charge in [0, 0.05) is 6.04 Å². The highest BCUT2D eigenvalue weighted by molar-refractivity contribution is 5.54. The lowest BCUT2D eigenvalue weighted by molar-refractivity contribution is -0.277. The Bertz CT molecular complexity index is 569. The van der Waals surface area contributed by atoms with Crippen molar-refractivity contribution in [2.45, 2.75) is 50.1 Å². The van der Waals surface area contributed by atoms with E-state index in [1.807, 2.05) is 6.92 Å². The van der Waals surface area contributed by atoms with E-state index in [0.29, 0.717) is 17.9 Å². The van der Waals surface area contributed by atoms with E-state index in [0.717, 1.165) is 5.56 Å². The van der Waals surface area contributed by atoms with Crippen LogP contribution >= 0.6 is 0 Å². The number of aliphatic hydroxyl groups excluding tert-OH is 4. The van der Waals surface area contributed by atoms with Crippen LogP contribution in [0.4, 0.5) is 0 Å². The first-order valence-electron chi connectivity index (χ1n) is 8.30. The molecule has 0 spiro atoms. The number of hydrogen-bond donors (Lipinski definition) is 5. The molecule has 0 amide bonds. The van der Waals surface area contributed by atoms with Gasteiger partial charge in [-0.25, -0.2) is 0 Å². The van der Waals surface area contributed by atoms with E-state index in [2.05, 4.69) is 0 Å². The van der Waals surface area contributed by atoms with Crippen molar-refractivity contribution in [2.75, 3.05) is 20.8 Å². The highest BCUT2D eigenvalue weighted by atomic mass is 16.7. The van der Waals surface area contributed by atoms with Gasteiger partial charge in [0.05, 0.1) is 20.8 Å². The van der Waals surface area contributed by atoms with Crippen LogP contribution in [0.25, 0.3) is 0 Å². The van der Waals surface area contributed by atoms with Crippen molar-refractivity contribution in [3.8, 4) is 17.2 Å². The molecule has 0 bridgehead atoms. The molecule has 6 atom stereocenters. The van der Waals surface area contributed by atoms with Gasteiger partial charge in [-0.2, -0.15) is 0 Å². The lowest BCUT2D eigenvalue weighted by atomic mass is 9.99. The maximum absolute atomic E-state index is 10.1. The number of nitrogens with two attached hydrogens (primary N) is 1. The van der Waals surface area contributed by atoms with Gasteiger partial charge in [-0.1, -0.05) is 0 Å². The number of hydrogen-bond acceptors (Lipinski definition) is 9. The summed E-state index contributed by atoms with van der Waals surface area (Å²) in [5, 5.41) is 39.2. The Hall–Kier alpha value is -1.62. The molecule has 1 aliphatic heterocycles. The van der Waals surface area contributed by atoms with Gasteiger partial charge in [-0.05, 0) is 31.0 Å². The molecule has 1 saturated heterocycles. The van der Waals surface area contributed by atoms with Gasteiger partial charge in [-0.3, -0.25) is 0 Å². The highest BCUT2D eigenvalue weighted by Crippen LogP contribution is 2.40. The molecule has 2 rings (SSSR count). The average molecular weight is 373 g/mol. The number of ether oxygens (including phenoxy) is 4. The highest BCUT2D eigenvalue weighted by Gasteiger charge is 2.45. The standard InChI is InChI=1S/C17H27NO8/c1-8(18)4-9-5-10(23-2)16(11(6-9)24-3)26-17-15(22)14(21)13(20)12(7-19)25-17/h5-6,8,12-15,17,19-22H,4,7,18H2,1-3H3. The molecule has 26 heavy (non-hydrogen) atoms. The van der Waals surface area contributed by atoms with Gasteiger partial charge in [0.1, 0.15) is 24.4 Å². The lowest BCUT2D eigenvalue weighted by Crippen LogP contribution is -2.60. The van der Waals surface area contributed by atoms with Crippen molar-refractivity contribution in [1.29, 1.82) is 0 Å². The number of methoxy groups -OCH3 is 2. The summed E-state index contributed by atoms with van der Waals surface area (Å²) in [5.74, 6) is 0.821. The van der Waals surface area contributed by atoms with Crippen LogP contribution in [0.1, 0.15) is 12.5 Å². The van der Waals surface area contributed by atoms with Gasteiger partial charge in [-0.15, -0.1) is 0 Å². The molecule has 9 nitrogen and oxygen atoms in total. The third-order valence-corrected chi connectivity index (χ3v) is 4.16. The van der Waals surface area contributed by atoms with E-state index in [4.69, 9.17) is 24.7 Å². The van der Waals surface area contributed by atoms with Crippen molar-refractivity contribution in [2.24, 2.45) is 5.73 Å². The molecular weight excluding hydrogens is 346 g/mol. The quantitative estimate of drug-likeness (QED) is 0.397. The molecule has 1 aromatic rings. The van der Waals surface area contributed by atoms with Gasteiger partial charge < -0.3 is 45.1 Å². The molecule has 6 N–H and O–H groups in total. The van der Waals surface area contributed by atoms with E-state index in [1.165, 1.54) is 14.2 Å². The van der Waals surface area contributed by atoms with Crippen LogP contribution in [-0.4, -0.2) is 78.0 Å². The molecule has 0 aromatic heterocycles. The van der Waals surface area contributed by atoms with Crippen molar-refractivity contribution in [3.63, 3.8) is 0 Å². The first-order valence-corrected chi connectivity index (χ1v) is 8.30. The van der Waals surface area contributed by atoms with E-state index in [-0.39, 0.29) is 11.8 Å². The summed E-state index contributed by atoms with van der Waals surface area (Å²) in [7, 11) is 2.90. The van der Waals surface area contributed by atoms with Crippen LogP contribution < -0.4 is 19.9 Å². The minimum Gasteiger partial charge on any atom is -0.493 e. The van der Waals surface area contributed by atoms with Crippen LogP contribution in [0.2, 0.25) is 0 Å². The van der Waals surface area contributed by atoms with E-state index in [1.54, 1.807) is 12.1 Å². The van der Waals surface area contributed by atoms with Crippen LogP contribution in [0.15, 0.2) is 12.1 Å². The Morgan fingerprint density at radius 2 is 1.65 bits per heavy atom. The predicted octanol–water partition coefficient (Wildman–Crippen LogP) is -1.23. The summed E-state index contributed by atoms with van der Waals surface area (Å²) in [6, 6.07) is 3.39. The summed E-state index contributed by atoms with van der Waals surface area (Å²) < 4.78 is 21.7. The molecule has 1 aromatic carbocycles. The zero-order valence-electron chi connectivity index (χ0n) is 15.0. The monoisotopic (exact) mass is 373 g/mol. The molecule has 0 aliphatic carbocycles. The Kier molecular flexibility index (Phi) is 7.04. The minimum absolute atomic E-state index is 0.0679. The van der Waals surface area contributed by atoms with E-state index < -0.39 is 37.3 Å². The summed E-state index contributed by atoms with van der Waals surface area (Å²) in [6.45, 7) is 1.32. The molecule has 6 unspecified atom stereocenters. The second-order valence-electron chi connectivity index (χ2n) is 6.33. The number of benzene rings is 1. The summed E-state index contributed by atoms with van der Waals surface area (Å²) in [5.41, 5.74) is 6.70. The number of aliphatic hydroxyl groups is 4. The third-order valence-electron chi connectivity index (χ3n) is 4.16. The molecule has 0 radical (unpaired) electrons. The Morgan fingerprint density at radius 1 is 1.08 bits per heavy atom. The van der Waals surface area contributed by atoms with Gasteiger partial charge in [0.25, 0.3) is 0 Å². The Labute approximate surface area is 151 Å². The summed E-state index contributed by atoms with van der Waals surface area (Å²) in [6.07, 6.45) is -6.37. The van der Waals surface area contributed by atoms with Crippen molar-refractivity contribution < 1.29 is 39.4 Å². The fourth-order valence-corrected chi connectivity index (χ4v) is 2.82. The van der Waals surface area contributed by atoms with Crippen LogP contribution in [-0.2, 0) is 11.2 Å². The van der Waals surface area contributed by atoms with E-state index >= 15 is 0 Å². The smallest absolute Gasteiger partial charge is 0.229 e. The van der Waals surface area contributed by atoms with Crippen LogP contribution in [0.3, 0.4) is 0 Å². The first kappa shape index (κ1) is 20.7. The zero-order valence-corrected chi connectivity index (χ0v) is 15.0. The average Bonchev–Trinajstić information content (AvgIpc) is 2.62. The predicted molar refractivity (Wildman–Crippen MR) is 91.3 cm³/mol. The molecule has 0 saturated carbocycles. The second kappa shape index (κ2) is 8.85. The largest absolute Gasteiger partial charge is 0.493 e. The molecule has 1 aliphatic rings. The molecule has 148 valence electrons. The zero-order chi connectivity index (χ0) is 19.4. The van der Waals surface area contributed by atoms with Gasteiger partial charge in [0.2, 0.25) is 12.0 Å². The topological polar surface area (TPSA) is 144 Å². The van der Waals surface area contributed by atoms with Gasteiger partial charge in [0.15, 0.2) is 11.5 Å². The van der Waals surface area contributed by atoms with Crippen molar-refractivity contribution in [3.05, 3.63) is 17.7 Å². The van der Waals surface area contributed by atoms with Crippen molar-refractivity contribution >= 4 is 0 Å². The Balaban J connectivity index is 2.32. The number of rotatable bonds is 7. The van der Waals surface area contributed by atoms with Gasteiger partial charge >= 0.3 is 0 Å². The minimum atomic E-state index is -1.54. The molecular formula is C17H27NO8. The SMILES string of the molecule is COc1cc(CC(C)N)cc(OC)c1OC1OC(CO)C(O)C(O)C1O. The lowest BCUT2D eigenvalue weighted by Gasteiger charge is -2.39. The van der Waals surface area contributed by atoms with Crippen LogP contribution in [0.5, 0.6) is 17.2 Å².